The quantitative estimate of drug-likeness (QED) is 0.565. The van der Waals surface area contributed by atoms with Crippen LogP contribution in [0.2, 0.25) is 5.02 Å². The molecule has 0 aliphatic carbocycles. The predicted octanol–water partition coefficient (Wildman–Crippen LogP) is 4.21. The minimum atomic E-state index is -0.346. The smallest absolute Gasteiger partial charge is 0.322 e. The summed E-state index contributed by atoms with van der Waals surface area (Å²) < 4.78 is 0. The van der Waals surface area contributed by atoms with Crippen molar-refractivity contribution in [2.45, 2.75) is 26.8 Å². The lowest BCUT2D eigenvalue weighted by Crippen LogP contribution is -2.37. The number of fused-ring (bicyclic) bond motifs is 1. The number of aromatic nitrogens is 1. The van der Waals surface area contributed by atoms with Crippen LogP contribution in [-0.4, -0.2) is 34.2 Å². The highest BCUT2D eigenvalue weighted by Crippen LogP contribution is 2.19. The van der Waals surface area contributed by atoms with Crippen molar-refractivity contribution in [2.75, 3.05) is 18.5 Å². The minimum Gasteiger partial charge on any atom is -0.396 e. The van der Waals surface area contributed by atoms with Gasteiger partial charge in [-0.1, -0.05) is 17.7 Å². The number of anilines is 1. The number of carbonyl (C=O) groups is 1. The molecule has 3 aromatic rings. The molecule has 29 heavy (non-hydrogen) atoms. The van der Waals surface area contributed by atoms with Gasteiger partial charge >= 0.3 is 6.03 Å². The van der Waals surface area contributed by atoms with Crippen molar-refractivity contribution in [3.05, 3.63) is 74.5 Å². The van der Waals surface area contributed by atoms with Gasteiger partial charge in [0.25, 0.3) is 5.56 Å². The van der Waals surface area contributed by atoms with E-state index in [1.807, 2.05) is 26.0 Å². The number of benzene rings is 2. The Bertz CT molecular complexity index is 1080. The van der Waals surface area contributed by atoms with Gasteiger partial charge in [-0.2, -0.15) is 0 Å². The lowest BCUT2D eigenvalue weighted by molar-refractivity contribution is 0.199. The second kappa shape index (κ2) is 9.11. The van der Waals surface area contributed by atoms with Crippen LogP contribution in [0.15, 0.2) is 47.3 Å². The van der Waals surface area contributed by atoms with Crippen molar-refractivity contribution >= 4 is 34.2 Å². The number of urea groups is 1. The molecule has 0 saturated heterocycles. The number of nitrogens with one attached hydrogen (secondary N) is 2. The zero-order valence-corrected chi connectivity index (χ0v) is 17.2. The largest absolute Gasteiger partial charge is 0.396 e. The number of aryl methyl sites for hydroxylation is 2. The molecule has 0 aliphatic heterocycles. The Labute approximate surface area is 174 Å². The van der Waals surface area contributed by atoms with E-state index >= 15 is 0 Å². The number of nitrogens with zero attached hydrogens (tertiary/aromatic N) is 1. The first-order chi connectivity index (χ1) is 13.9. The molecule has 0 unspecified atom stereocenters. The van der Waals surface area contributed by atoms with E-state index in [1.54, 1.807) is 24.3 Å². The number of carbonyl (C=O) groups excluding carboxylic acids is 1. The van der Waals surface area contributed by atoms with E-state index < -0.39 is 0 Å². The number of H-pyrrole nitrogens is 1. The second-order valence-corrected chi connectivity index (χ2v) is 7.54. The molecule has 0 saturated carbocycles. The highest BCUT2D eigenvalue weighted by Gasteiger charge is 2.16. The van der Waals surface area contributed by atoms with Gasteiger partial charge in [0.1, 0.15) is 0 Å². The van der Waals surface area contributed by atoms with E-state index in [9.17, 15) is 14.7 Å². The van der Waals surface area contributed by atoms with E-state index in [4.69, 9.17) is 11.6 Å². The molecule has 0 bridgehead atoms. The van der Waals surface area contributed by atoms with Crippen LogP contribution in [-0.2, 0) is 6.54 Å². The number of amides is 2. The van der Waals surface area contributed by atoms with E-state index in [0.717, 1.165) is 22.0 Å². The van der Waals surface area contributed by atoms with Crippen molar-refractivity contribution in [3.8, 4) is 0 Å². The van der Waals surface area contributed by atoms with Crippen LogP contribution in [0.3, 0.4) is 0 Å². The first-order valence-electron chi connectivity index (χ1n) is 9.43. The topological polar surface area (TPSA) is 85.4 Å². The van der Waals surface area contributed by atoms with Crippen molar-refractivity contribution in [3.63, 3.8) is 0 Å². The molecule has 6 nitrogen and oxygen atoms in total. The summed E-state index contributed by atoms with van der Waals surface area (Å²) in [5.74, 6) is 0. The monoisotopic (exact) mass is 413 g/mol. The molecule has 0 aliphatic rings. The lowest BCUT2D eigenvalue weighted by Gasteiger charge is -2.23. The normalized spacial score (nSPS) is 10.9. The minimum absolute atomic E-state index is 0.0445. The standard InChI is InChI=1S/C22H24ClN3O3/c1-14-10-15(2)19-12-16(21(28)25-20(19)11-14)13-26(8-3-9-27)22(29)24-18-6-4-17(23)5-7-18/h4-7,10-12,27H,3,8-9,13H2,1-2H3,(H,24,29)(H,25,28). The Morgan fingerprint density at radius 3 is 2.59 bits per heavy atom. The maximum absolute atomic E-state index is 12.8. The number of aromatic amines is 1. The van der Waals surface area contributed by atoms with Crippen molar-refractivity contribution in [1.29, 1.82) is 0 Å². The highest BCUT2D eigenvalue weighted by atomic mass is 35.5. The molecule has 0 fully saturated rings. The van der Waals surface area contributed by atoms with Crippen LogP contribution in [0, 0.1) is 13.8 Å². The number of hydrogen-bond donors (Lipinski definition) is 3. The molecule has 3 rings (SSSR count). The molecule has 152 valence electrons. The number of hydrogen-bond acceptors (Lipinski definition) is 3. The summed E-state index contributed by atoms with van der Waals surface area (Å²) in [4.78, 5) is 29.8. The van der Waals surface area contributed by atoms with Crippen LogP contribution in [0.4, 0.5) is 10.5 Å². The predicted molar refractivity (Wildman–Crippen MR) is 117 cm³/mol. The summed E-state index contributed by atoms with van der Waals surface area (Å²) in [7, 11) is 0. The van der Waals surface area contributed by atoms with Crippen LogP contribution in [0.5, 0.6) is 0 Å². The number of aliphatic hydroxyl groups is 1. The number of pyridine rings is 1. The van der Waals surface area contributed by atoms with Gasteiger partial charge in [0, 0.05) is 40.3 Å². The molecule has 1 heterocycles. The summed E-state index contributed by atoms with van der Waals surface area (Å²) in [5, 5.41) is 13.5. The Hall–Kier alpha value is -2.83. The summed E-state index contributed by atoms with van der Waals surface area (Å²) >= 11 is 5.89. The maximum atomic E-state index is 12.8. The van der Waals surface area contributed by atoms with Crippen molar-refractivity contribution in [2.24, 2.45) is 0 Å². The average molecular weight is 414 g/mol. The number of rotatable bonds is 6. The molecule has 1 aromatic heterocycles. The fourth-order valence-electron chi connectivity index (χ4n) is 3.29. The highest BCUT2D eigenvalue weighted by molar-refractivity contribution is 6.30. The van der Waals surface area contributed by atoms with E-state index in [2.05, 4.69) is 16.4 Å². The molecule has 7 heteroatoms. The molecule has 2 amide bonds. The Balaban J connectivity index is 1.87. The number of halogens is 1. The third-order valence-corrected chi connectivity index (χ3v) is 4.97. The Kier molecular flexibility index (Phi) is 6.56. The SMILES string of the molecule is Cc1cc(C)c2cc(CN(CCCO)C(=O)Nc3ccc(Cl)cc3)c(=O)[nH]c2c1. The van der Waals surface area contributed by atoms with Crippen molar-refractivity contribution in [1.82, 2.24) is 9.88 Å². The molecule has 0 spiro atoms. The van der Waals surface area contributed by atoms with Gasteiger partial charge in [0.15, 0.2) is 0 Å². The molecule has 2 aromatic carbocycles. The lowest BCUT2D eigenvalue weighted by atomic mass is 10.0. The molecule has 3 N–H and O–H groups in total. The van der Waals surface area contributed by atoms with E-state index in [1.165, 1.54) is 4.90 Å². The van der Waals surface area contributed by atoms with Crippen molar-refractivity contribution < 1.29 is 9.90 Å². The molecule has 0 atom stereocenters. The summed E-state index contributed by atoms with van der Waals surface area (Å²) in [5.41, 5.74) is 3.79. The average Bonchev–Trinajstić information content (AvgIpc) is 2.67. The van der Waals surface area contributed by atoms with E-state index in [0.29, 0.717) is 29.2 Å². The fraction of sp³-hybridized carbons (Fsp3) is 0.273. The van der Waals surface area contributed by atoms with E-state index in [-0.39, 0.29) is 24.7 Å². The van der Waals surface area contributed by atoms with Crippen LogP contribution in [0.25, 0.3) is 10.9 Å². The zero-order valence-electron chi connectivity index (χ0n) is 16.5. The maximum Gasteiger partial charge on any atom is 0.322 e. The second-order valence-electron chi connectivity index (χ2n) is 7.10. The third-order valence-electron chi connectivity index (χ3n) is 4.72. The molecular weight excluding hydrogens is 390 g/mol. The van der Waals surface area contributed by atoms with Crippen LogP contribution in [0.1, 0.15) is 23.1 Å². The third kappa shape index (κ3) is 5.16. The first kappa shape index (κ1) is 20.9. The van der Waals surface area contributed by atoms with Gasteiger partial charge in [-0.25, -0.2) is 4.79 Å². The summed E-state index contributed by atoms with van der Waals surface area (Å²) in [6.45, 7) is 4.39. The fourth-order valence-corrected chi connectivity index (χ4v) is 3.41. The van der Waals surface area contributed by atoms with Gasteiger partial charge in [0.05, 0.1) is 6.54 Å². The summed E-state index contributed by atoms with van der Waals surface area (Å²) in [6, 6.07) is 12.3. The first-order valence-corrected chi connectivity index (χ1v) is 9.80. The van der Waals surface area contributed by atoms with Crippen LogP contribution < -0.4 is 10.9 Å². The van der Waals surface area contributed by atoms with Gasteiger partial charge in [0.2, 0.25) is 0 Å². The Morgan fingerprint density at radius 1 is 1.17 bits per heavy atom. The van der Waals surface area contributed by atoms with Gasteiger partial charge < -0.3 is 20.3 Å². The van der Waals surface area contributed by atoms with Gasteiger partial charge in [-0.05, 0) is 67.8 Å². The van der Waals surface area contributed by atoms with Gasteiger partial charge in [-0.3, -0.25) is 4.79 Å². The zero-order chi connectivity index (χ0) is 21.0. The molecule has 0 radical (unpaired) electrons. The Morgan fingerprint density at radius 2 is 1.90 bits per heavy atom. The number of aliphatic hydroxyl groups excluding tert-OH is 1. The van der Waals surface area contributed by atoms with Crippen LogP contribution >= 0.6 is 11.6 Å². The summed E-state index contributed by atoms with van der Waals surface area (Å²) in [6.07, 6.45) is 0.414. The molecular formula is C22H24ClN3O3. The van der Waals surface area contributed by atoms with Gasteiger partial charge in [-0.15, -0.1) is 0 Å².